The molecule has 0 heterocycles. The number of carboxylic acids is 1. The molecule has 6 heteroatoms. The van der Waals surface area contributed by atoms with Crippen molar-refractivity contribution in [1.29, 1.82) is 0 Å². The van der Waals surface area contributed by atoms with Crippen molar-refractivity contribution >= 4 is 11.9 Å². The van der Waals surface area contributed by atoms with E-state index in [0.29, 0.717) is 12.0 Å². The first-order valence-corrected chi connectivity index (χ1v) is 9.00. The zero-order valence-electron chi connectivity index (χ0n) is 14.9. The highest BCUT2D eigenvalue weighted by molar-refractivity contribution is 5.93. The molecule has 4 nitrogen and oxygen atoms in total. The second-order valence-electron chi connectivity index (χ2n) is 6.85. The van der Waals surface area contributed by atoms with Crippen LogP contribution in [-0.4, -0.2) is 17.0 Å². The van der Waals surface area contributed by atoms with E-state index in [1.54, 1.807) is 19.1 Å². The normalized spacial score (nSPS) is 15.8. The number of carbonyl (C=O) groups is 2. The lowest BCUT2D eigenvalue weighted by molar-refractivity contribution is -0.123. The predicted octanol–water partition coefficient (Wildman–Crippen LogP) is 4.42. The van der Waals surface area contributed by atoms with E-state index in [1.807, 2.05) is 0 Å². The third-order valence-electron chi connectivity index (χ3n) is 4.96. The smallest absolute Gasteiger partial charge is 0.338 e. The van der Waals surface area contributed by atoms with Gasteiger partial charge in [-0.2, -0.15) is 0 Å². The SMILES string of the molecule is CCC(C(=O)NC(c1cccc(F)c1)C1CC1)c1cccc(F)c1C(=O)O. The summed E-state index contributed by atoms with van der Waals surface area (Å²) in [6.07, 6.45) is 2.17. The predicted molar refractivity (Wildman–Crippen MR) is 96.4 cm³/mol. The number of hydrogen-bond donors (Lipinski definition) is 2. The quantitative estimate of drug-likeness (QED) is 0.755. The summed E-state index contributed by atoms with van der Waals surface area (Å²) in [5.74, 6) is -3.61. The first-order chi connectivity index (χ1) is 12.9. The summed E-state index contributed by atoms with van der Waals surface area (Å²) < 4.78 is 27.6. The fourth-order valence-corrected chi connectivity index (χ4v) is 3.46. The highest BCUT2D eigenvalue weighted by Gasteiger charge is 2.35. The van der Waals surface area contributed by atoms with E-state index >= 15 is 0 Å². The Hall–Kier alpha value is -2.76. The largest absolute Gasteiger partial charge is 0.478 e. The van der Waals surface area contributed by atoms with Gasteiger partial charge in [-0.3, -0.25) is 4.79 Å². The van der Waals surface area contributed by atoms with Crippen LogP contribution in [0.4, 0.5) is 8.78 Å². The standard InChI is InChI=1S/C21H21F2NO3/c1-2-15(16-7-4-8-17(23)18(16)21(26)27)20(25)24-19(12-9-10-12)13-5-3-6-14(22)11-13/h3-8,11-12,15,19H,2,9-10H2,1H3,(H,24,25)(H,26,27). The van der Waals surface area contributed by atoms with Gasteiger partial charge in [-0.15, -0.1) is 0 Å². The minimum Gasteiger partial charge on any atom is -0.478 e. The third kappa shape index (κ3) is 4.15. The molecule has 1 amide bonds. The van der Waals surface area contributed by atoms with Gasteiger partial charge in [0.2, 0.25) is 5.91 Å². The van der Waals surface area contributed by atoms with Crippen LogP contribution in [0.1, 0.15) is 59.6 Å². The molecular formula is C21H21F2NO3. The molecule has 0 radical (unpaired) electrons. The Morgan fingerprint density at radius 1 is 1.19 bits per heavy atom. The Bertz CT molecular complexity index is 864. The van der Waals surface area contributed by atoms with E-state index in [4.69, 9.17) is 0 Å². The van der Waals surface area contributed by atoms with E-state index in [-0.39, 0.29) is 29.2 Å². The maximum absolute atomic E-state index is 14.0. The molecule has 2 aromatic rings. The minimum absolute atomic E-state index is 0.149. The van der Waals surface area contributed by atoms with Crippen LogP contribution >= 0.6 is 0 Å². The molecule has 27 heavy (non-hydrogen) atoms. The lowest BCUT2D eigenvalue weighted by atomic mass is 9.90. The number of amides is 1. The topological polar surface area (TPSA) is 66.4 Å². The van der Waals surface area contributed by atoms with Crippen LogP contribution in [0.5, 0.6) is 0 Å². The van der Waals surface area contributed by atoms with Crippen LogP contribution in [0.15, 0.2) is 42.5 Å². The number of aromatic carboxylic acids is 1. The van der Waals surface area contributed by atoms with Crippen molar-refractivity contribution < 1.29 is 23.5 Å². The van der Waals surface area contributed by atoms with Gasteiger partial charge in [0.15, 0.2) is 0 Å². The number of hydrogen-bond acceptors (Lipinski definition) is 2. The van der Waals surface area contributed by atoms with Gasteiger partial charge in [-0.05, 0) is 54.5 Å². The molecule has 1 fully saturated rings. The van der Waals surface area contributed by atoms with Gasteiger partial charge >= 0.3 is 5.97 Å². The molecule has 2 unspecified atom stereocenters. The molecule has 0 aliphatic heterocycles. The van der Waals surface area contributed by atoms with Crippen molar-refractivity contribution in [2.24, 2.45) is 5.92 Å². The maximum atomic E-state index is 14.0. The lowest BCUT2D eigenvalue weighted by Gasteiger charge is -2.23. The lowest BCUT2D eigenvalue weighted by Crippen LogP contribution is -2.34. The summed E-state index contributed by atoms with van der Waals surface area (Å²) in [5.41, 5.74) is 0.350. The van der Waals surface area contributed by atoms with Crippen LogP contribution < -0.4 is 5.32 Å². The average Bonchev–Trinajstić information content (AvgIpc) is 3.45. The Kier molecular flexibility index (Phi) is 5.54. The minimum atomic E-state index is -1.40. The molecule has 0 saturated heterocycles. The van der Waals surface area contributed by atoms with Crippen LogP contribution in [0.2, 0.25) is 0 Å². The highest BCUT2D eigenvalue weighted by Crippen LogP contribution is 2.41. The van der Waals surface area contributed by atoms with Crippen LogP contribution in [0.3, 0.4) is 0 Å². The van der Waals surface area contributed by atoms with E-state index < -0.39 is 23.3 Å². The Morgan fingerprint density at radius 2 is 1.89 bits per heavy atom. The molecule has 2 N–H and O–H groups in total. The van der Waals surface area contributed by atoms with Crippen LogP contribution in [0.25, 0.3) is 0 Å². The molecule has 0 aromatic heterocycles. The average molecular weight is 373 g/mol. The number of rotatable bonds is 7. The van der Waals surface area contributed by atoms with E-state index in [9.17, 15) is 23.5 Å². The van der Waals surface area contributed by atoms with Crippen molar-refractivity contribution in [1.82, 2.24) is 5.32 Å². The third-order valence-corrected chi connectivity index (χ3v) is 4.96. The van der Waals surface area contributed by atoms with Crippen molar-refractivity contribution in [3.8, 4) is 0 Å². The molecule has 142 valence electrons. The molecular weight excluding hydrogens is 352 g/mol. The summed E-state index contributed by atoms with van der Waals surface area (Å²) in [6.45, 7) is 1.75. The van der Waals surface area contributed by atoms with Crippen molar-refractivity contribution in [3.63, 3.8) is 0 Å². The van der Waals surface area contributed by atoms with Gasteiger partial charge in [-0.25, -0.2) is 13.6 Å². The Morgan fingerprint density at radius 3 is 2.48 bits per heavy atom. The molecule has 3 rings (SSSR count). The molecule has 2 aromatic carbocycles. The molecule has 0 spiro atoms. The fourth-order valence-electron chi connectivity index (χ4n) is 3.46. The molecule has 0 bridgehead atoms. The van der Waals surface area contributed by atoms with Crippen molar-refractivity contribution in [2.45, 2.75) is 38.1 Å². The van der Waals surface area contributed by atoms with Crippen LogP contribution in [-0.2, 0) is 4.79 Å². The summed E-state index contributed by atoms with van der Waals surface area (Å²) >= 11 is 0. The second-order valence-corrected chi connectivity index (χ2v) is 6.85. The van der Waals surface area contributed by atoms with E-state index in [0.717, 1.165) is 18.9 Å². The Balaban J connectivity index is 1.89. The number of nitrogens with one attached hydrogen (secondary N) is 1. The van der Waals surface area contributed by atoms with Crippen molar-refractivity contribution in [2.75, 3.05) is 0 Å². The van der Waals surface area contributed by atoms with E-state index in [2.05, 4.69) is 5.32 Å². The summed E-state index contributed by atoms with van der Waals surface area (Å²) in [6, 6.07) is 9.69. The monoisotopic (exact) mass is 373 g/mol. The van der Waals surface area contributed by atoms with Gasteiger partial charge in [0, 0.05) is 0 Å². The Labute approximate surface area is 156 Å². The molecule has 1 aliphatic carbocycles. The van der Waals surface area contributed by atoms with Gasteiger partial charge in [0.05, 0.1) is 17.5 Å². The second kappa shape index (κ2) is 7.86. The van der Waals surface area contributed by atoms with E-state index in [1.165, 1.54) is 24.3 Å². The number of halogens is 2. The van der Waals surface area contributed by atoms with Crippen molar-refractivity contribution in [3.05, 3.63) is 70.8 Å². The number of benzene rings is 2. The zero-order chi connectivity index (χ0) is 19.6. The summed E-state index contributed by atoms with van der Waals surface area (Å²) in [7, 11) is 0. The van der Waals surface area contributed by atoms with Gasteiger partial charge in [0.25, 0.3) is 0 Å². The fraction of sp³-hybridized carbons (Fsp3) is 0.333. The maximum Gasteiger partial charge on any atom is 0.338 e. The molecule has 1 saturated carbocycles. The number of carboxylic acid groups (broad SMARTS) is 1. The number of carbonyl (C=O) groups excluding carboxylic acids is 1. The molecule has 2 atom stereocenters. The molecule has 1 aliphatic rings. The highest BCUT2D eigenvalue weighted by atomic mass is 19.1. The van der Waals surface area contributed by atoms with Gasteiger partial charge in [-0.1, -0.05) is 31.2 Å². The van der Waals surface area contributed by atoms with Gasteiger partial charge < -0.3 is 10.4 Å². The van der Waals surface area contributed by atoms with Gasteiger partial charge in [0.1, 0.15) is 11.6 Å². The van der Waals surface area contributed by atoms with Crippen LogP contribution in [0, 0.1) is 17.6 Å². The first-order valence-electron chi connectivity index (χ1n) is 9.00. The summed E-state index contributed by atoms with van der Waals surface area (Å²) in [5, 5.41) is 12.3. The summed E-state index contributed by atoms with van der Waals surface area (Å²) in [4.78, 5) is 24.4. The zero-order valence-corrected chi connectivity index (χ0v) is 14.9. The first kappa shape index (κ1) is 19.0.